The van der Waals surface area contributed by atoms with Gasteiger partial charge in [0.15, 0.2) is 5.13 Å². The lowest BCUT2D eigenvalue weighted by Crippen LogP contribution is -2.46. The van der Waals surface area contributed by atoms with Gasteiger partial charge in [-0.05, 0) is 42.3 Å². The Hall–Kier alpha value is -2.27. The Kier molecular flexibility index (Phi) is 4.49. The molecule has 1 aliphatic heterocycles. The molecule has 2 aromatic carbocycles. The van der Waals surface area contributed by atoms with Crippen molar-refractivity contribution in [2.24, 2.45) is 0 Å². The number of benzene rings is 2. The van der Waals surface area contributed by atoms with Crippen LogP contribution in [0.1, 0.15) is 12.5 Å². The van der Waals surface area contributed by atoms with E-state index in [1.54, 1.807) is 7.11 Å². The topological polar surface area (TPSA) is 28.6 Å². The van der Waals surface area contributed by atoms with Crippen LogP contribution < -0.4 is 14.5 Å². The summed E-state index contributed by atoms with van der Waals surface area (Å²) in [6.07, 6.45) is 1.03. The van der Waals surface area contributed by atoms with Gasteiger partial charge in [-0.2, -0.15) is 0 Å². The van der Waals surface area contributed by atoms with Crippen molar-refractivity contribution in [3.63, 3.8) is 0 Å². The molecule has 130 valence electrons. The van der Waals surface area contributed by atoms with Crippen molar-refractivity contribution < 1.29 is 4.74 Å². The predicted molar refractivity (Wildman–Crippen MR) is 106 cm³/mol. The van der Waals surface area contributed by atoms with E-state index in [9.17, 15) is 0 Å². The molecule has 25 heavy (non-hydrogen) atoms. The number of aryl methyl sites for hydroxylation is 1. The smallest absolute Gasteiger partial charge is 0.186 e. The van der Waals surface area contributed by atoms with Crippen molar-refractivity contribution in [3.05, 3.63) is 48.0 Å². The standard InChI is InChI=1S/C20H23N3OS/c1-3-15-5-4-6-18-19(15)21-20(25-18)23-13-11-22(12-14-23)16-7-9-17(24-2)10-8-16/h4-10H,3,11-14H2,1-2H3. The fraction of sp³-hybridized carbons (Fsp3) is 0.350. The molecular formula is C20H23N3OS. The molecule has 5 heteroatoms. The van der Waals surface area contributed by atoms with E-state index in [1.165, 1.54) is 21.5 Å². The highest BCUT2D eigenvalue weighted by atomic mass is 32.1. The largest absolute Gasteiger partial charge is 0.497 e. The van der Waals surface area contributed by atoms with Gasteiger partial charge >= 0.3 is 0 Å². The molecule has 3 aromatic rings. The van der Waals surface area contributed by atoms with E-state index in [2.05, 4.69) is 47.1 Å². The highest BCUT2D eigenvalue weighted by molar-refractivity contribution is 7.22. The number of thiazole rings is 1. The first kappa shape index (κ1) is 16.2. The number of piperazine rings is 1. The first-order chi connectivity index (χ1) is 12.3. The van der Waals surface area contributed by atoms with E-state index >= 15 is 0 Å². The van der Waals surface area contributed by atoms with E-state index in [0.717, 1.165) is 43.5 Å². The van der Waals surface area contributed by atoms with Crippen molar-refractivity contribution in [1.29, 1.82) is 0 Å². The predicted octanol–water partition coefficient (Wildman–Crippen LogP) is 4.19. The van der Waals surface area contributed by atoms with Gasteiger partial charge in [0.25, 0.3) is 0 Å². The monoisotopic (exact) mass is 353 g/mol. The zero-order valence-electron chi connectivity index (χ0n) is 14.7. The number of ether oxygens (including phenoxy) is 1. The van der Waals surface area contributed by atoms with Crippen LogP contribution in [0.15, 0.2) is 42.5 Å². The Morgan fingerprint density at radius 3 is 2.40 bits per heavy atom. The molecule has 4 nitrogen and oxygen atoms in total. The summed E-state index contributed by atoms with van der Waals surface area (Å²) in [7, 11) is 1.70. The highest BCUT2D eigenvalue weighted by Crippen LogP contribution is 2.32. The van der Waals surface area contributed by atoms with Gasteiger partial charge in [-0.25, -0.2) is 4.98 Å². The number of para-hydroxylation sites is 1. The van der Waals surface area contributed by atoms with Gasteiger partial charge in [-0.1, -0.05) is 30.4 Å². The van der Waals surface area contributed by atoms with Crippen LogP contribution in [0.2, 0.25) is 0 Å². The molecule has 0 spiro atoms. The molecule has 0 atom stereocenters. The lowest BCUT2D eigenvalue weighted by atomic mass is 10.1. The first-order valence-corrected chi connectivity index (χ1v) is 9.62. The number of methoxy groups -OCH3 is 1. The number of nitrogens with zero attached hydrogens (tertiary/aromatic N) is 3. The van der Waals surface area contributed by atoms with E-state index < -0.39 is 0 Å². The summed E-state index contributed by atoms with van der Waals surface area (Å²) in [6.45, 7) is 6.24. The molecule has 0 N–H and O–H groups in total. The maximum absolute atomic E-state index is 5.25. The Labute approximate surface area is 152 Å². The maximum atomic E-state index is 5.25. The second-order valence-electron chi connectivity index (χ2n) is 6.29. The lowest BCUT2D eigenvalue weighted by Gasteiger charge is -2.36. The summed E-state index contributed by atoms with van der Waals surface area (Å²) >= 11 is 1.82. The molecule has 0 radical (unpaired) electrons. The van der Waals surface area contributed by atoms with Crippen molar-refractivity contribution in [2.45, 2.75) is 13.3 Å². The van der Waals surface area contributed by atoms with Gasteiger partial charge in [0.05, 0.1) is 17.3 Å². The molecule has 1 fully saturated rings. The van der Waals surface area contributed by atoms with Crippen LogP contribution in [-0.4, -0.2) is 38.3 Å². The quantitative estimate of drug-likeness (QED) is 0.703. The average molecular weight is 353 g/mol. The third-order valence-electron chi connectivity index (χ3n) is 4.86. The maximum Gasteiger partial charge on any atom is 0.186 e. The Morgan fingerprint density at radius 2 is 1.72 bits per heavy atom. The molecule has 4 rings (SSSR count). The number of fused-ring (bicyclic) bond motifs is 1. The summed E-state index contributed by atoms with van der Waals surface area (Å²) in [5.41, 5.74) is 3.79. The Bertz CT molecular complexity index is 851. The van der Waals surface area contributed by atoms with Crippen LogP contribution in [0.3, 0.4) is 0 Å². The molecular weight excluding hydrogens is 330 g/mol. The van der Waals surface area contributed by atoms with Crippen molar-refractivity contribution in [1.82, 2.24) is 4.98 Å². The molecule has 1 saturated heterocycles. The van der Waals surface area contributed by atoms with Gasteiger partial charge in [-0.15, -0.1) is 0 Å². The van der Waals surface area contributed by atoms with Crippen LogP contribution in [0.4, 0.5) is 10.8 Å². The van der Waals surface area contributed by atoms with Gasteiger partial charge < -0.3 is 14.5 Å². The number of rotatable bonds is 4. The highest BCUT2D eigenvalue weighted by Gasteiger charge is 2.20. The molecule has 1 aliphatic rings. The lowest BCUT2D eigenvalue weighted by molar-refractivity contribution is 0.415. The third kappa shape index (κ3) is 3.16. The number of aromatic nitrogens is 1. The zero-order valence-corrected chi connectivity index (χ0v) is 15.6. The molecule has 1 aromatic heterocycles. The molecule has 0 amide bonds. The van der Waals surface area contributed by atoms with Crippen LogP contribution in [-0.2, 0) is 6.42 Å². The minimum absolute atomic E-state index is 0.906. The second-order valence-corrected chi connectivity index (χ2v) is 7.30. The van der Waals surface area contributed by atoms with E-state index in [-0.39, 0.29) is 0 Å². The normalized spacial score (nSPS) is 15.0. The molecule has 0 bridgehead atoms. The van der Waals surface area contributed by atoms with Gasteiger partial charge in [0, 0.05) is 31.9 Å². The minimum atomic E-state index is 0.906. The van der Waals surface area contributed by atoms with Gasteiger partial charge in [0.1, 0.15) is 5.75 Å². The number of anilines is 2. The van der Waals surface area contributed by atoms with Crippen LogP contribution in [0, 0.1) is 0 Å². The number of hydrogen-bond acceptors (Lipinski definition) is 5. The van der Waals surface area contributed by atoms with E-state index in [1.807, 2.05) is 23.5 Å². The van der Waals surface area contributed by atoms with Crippen molar-refractivity contribution >= 4 is 32.4 Å². The molecule has 0 unspecified atom stereocenters. The fourth-order valence-corrected chi connectivity index (χ4v) is 4.43. The second kappa shape index (κ2) is 6.92. The molecule has 2 heterocycles. The Morgan fingerprint density at radius 1 is 1.00 bits per heavy atom. The SMILES string of the molecule is CCc1cccc2sc(N3CCN(c4ccc(OC)cc4)CC3)nc12. The summed E-state index contributed by atoms with van der Waals surface area (Å²) < 4.78 is 6.54. The molecule has 0 aliphatic carbocycles. The zero-order chi connectivity index (χ0) is 17.2. The average Bonchev–Trinajstić information content (AvgIpc) is 3.12. The first-order valence-electron chi connectivity index (χ1n) is 8.81. The van der Waals surface area contributed by atoms with Crippen molar-refractivity contribution in [2.75, 3.05) is 43.1 Å². The van der Waals surface area contributed by atoms with E-state index in [0.29, 0.717) is 0 Å². The van der Waals surface area contributed by atoms with Crippen LogP contribution in [0.25, 0.3) is 10.2 Å². The number of hydrogen-bond donors (Lipinski definition) is 0. The molecule has 0 saturated carbocycles. The van der Waals surface area contributed by atoms with Gasteiger partial charge in [0.2, 0.25) is 0 Å². The fourth-order valence-electron chi connectivity index (χ4n) is 3.36. The van der Waals surface area contributed by atoms with Gasteiger partial charge in [-0.3, -0.25) is 0 Å². The Balaban J connectivity index is 1.48. The van der Waals surface area contributed by atoms with Crippen LogP contribution >= 0.6 is 11.3 Å². The third-order valence-corrected chi connectivity index (χ3v) is 5.94. The summed E-state index contributed by atoms with van der Waals surface area (Å²) in [4.78, 5) is 9.79. The summed E-state index contributed by atoms with van der Waals surface area (Å²) in [6, 6.07) is 14.9. The van der Waals surface area contributed by atoms with E-state index in [4.69, 9.17) is 9.72 Å². The van der Waals surface area contributed by atoms with Crippen molar-refractivity contribution in [3.8, 4) is 5.75 Å². The summed E-state index contributed by atoms with van der Waals surface area (Å²) in [5, 5.41) is 1.16. The van der Waals surface area contributed by atoms with Crippen LogP contribution in [0.5, 0.6) is 5.75 Å². The summed E-state index contributed by atoms with van der Waals surface area (Å²) in [5.74, 6) is 0.906. The minimum Gasteiger partial charge on any atom is -0.497 e.